The molecule has 6 heteroatoms. The number of methoxy groups -OCH3 is 1. The van der Waals surface area contributed by atoms with Gasteiger partial charge in [0.2, 0.25) is 5.91 Å². The second-order valence-electron chi connectivity index (χ2n) is 6.02. The molecule has 1 aliphatic carbocycles. The summed E-state index contributed by atoms with van der Waals surface area (Å²) in [6.45, 7) is 0. The van der Waals surface area contributed by atoms with Crippen LogP contribution in [0.15, 0.2) is 53.0 Å². The van der Waals surface area contributed by atoms with Gasteiger partial charge in [-0.05, 0) is 47.7 Å². The number of hydrogen-bond acceptors (Lipinski definition) is 3. The van der Waals surface area contributed by atoms with Crippen LogP contribution < -0.4 is 5.32 Å². The number of halogens is 2. The fourth-order valence-corrected chi connectivity index (χ4v) is 3.25. The monoisotopic (exact) mass is 421 g/mol. The van der Waals surface area contributed by atoms with Gasteiger partial charge in [-0.2, -0.15) is 0 Å². The van der Waals surface area contributed by atoms with Gasteiger partial charge in [-0.1, -0.05) is 51.8 Å². The third kappa shape index (κ3) is 4.22. The number of hydrogen-bond donors (Lipinski definition) is 1. The summed E-state index contributed by atoms with van der Waals surface area (Å²) in [4.78, 5) is 24.7. The molecule has 2 aromatic rings. The van der Waals surface area contributed by atoms with E-state index in [1.165, 1.54) is 7.11 Å². The highest BCUT2D eigenvalue weighted by molar-refractivity contribution is 9.10. The lowest BCUT2D eigenvalue weighted by Gasteiger charge is -2.17. The molecule has 0 aromatic heterocycles. The molecule has 0 bridgehead atoms. The summed E-state index contributed by atoms with van der Waals surface area (Å²) >= 11 is 9.26. The zero-order valence-electron chi connectivity index (χ0n) is 13.5. The standard InChI is InChI=1S/C19H17BrClNO3/c1-25-19(24)17(12-2-6-13(20)7-3-12)22-18(23)16-10-15(16)11-4-8-14(21)9-5-11/h2-9,15-17H,10H2,1H3,(H,22,23). The summed E-state index contributed by atoms with van der Waals surface area (Å²) in [5.74, 6) is -0.595. The number of carbonyl (C=O) groups is 2. The molecule has 4 nitrogen and oxygen atoms in total. The molecule has 130 valence electrons. The largest absolute Gasteiger partial charge is 0.467 e. The van der Waals surface area contributed by atoms with Crippen LogP contribution >= 0.6 is 27.5 Å². The first-order chi connectivity index (χ1) is 12.0. The van der Waals surface area contributed by atoms with Crippen LogP contribution in [-0.4, -0.2) is 19.0 Å². The number of nitrogens with one attached hydrogen (secondary N) is 1. The molecule has 25 heavy (non-hydrogen) atoms. The molecule has 1 fully saturated rings. The predicted molar refractivity (Wildman–Crippen MR) is 99.3 cm³/mol. The van der Waals surface area contributed by atoms with E-state index in [1.807, 2.05) is 36.4 Å². The normalized spacial score (nSPS) is 19.8. The Morgan fingerprint density at radius 2 is 1.80 bits per heavy atom. The van der Waals surface area contributed by atoms with Crippen molar-refractivity contribution in [1.29, 1.82) is 0 Å². The molecular formula is C19H17BrClNO3. The zero-order chi connectivity index (χ0) is 18.0. The molecule has 3 unspecified atom stereocenters. The maximum atomic E-state index is 12.6. The van der Waals surface area contributed by atoms with Crippen molar-refractivity contribution in [3.8, 4) is 0 Å². The topological polar surface area (TPSA) is 55.4 Å². The van der Waals surface area contributed by atoms with E-state index in [0.717, 1.165) is 16.5 Å². The fraction of sp³-hybridized carbons (Fsp3) is 0.263. The number of ether oxygens (including phenoxy) is 1. The predicted octanol–water partition coefficient (Wildman–Crippen LogP) is 4.24. The van der Waals surface area contributed by atoms with E-state index in [-0.39, 0.29) is 17.7 Å². The van der Waals surface area contributed by atoms with Crippen LogP contribution in [0.4, 0.5) is 0 Å². The summed E-state index contributed by atoms with van der Waals surface area (Å²) in [7, 11) is 1.31. The van der Waals surface area contributed by atoms with Crippen molar-refractivity contribution in [2.24, 2.45) is 5.92 Å². The number of esters is 1. The van der Waals surface area contributed by atoms with Crippen molar-refractivity contribution in [2.75, 3.05) is 7.11 Å². The summed E-state index contributed by atoms with van der Waals surface area (Å²) in [5, 5.41) is 3.49. The molecule has 1 aliphatic rings. The Morgan fingerprint density at radius 1 is 1.16 bits per heavy atom. The van der Waals surface area contributed by atoms with Gasteiger partial charge in [0, 0.05) is 15.4 Å². The average Bonchev–Trinajstić information content (AvgIpc) is 3.41. The highest BCUT2D eigenvalue weighted by Crippen LogP contribution is 2.48. The van der Waals surface area contributed by atoms with Crippen molar-refractivity contribution < 1.29 is 14.3 Å². The lowest BCUT2D eigenvalue weighted by atomic mass is 10.1. The minimum atomic E-state index is -0.808. The maximum absolute atomic E-state index is 12.6. The van der Waals surface area contributed by atoms with E-state index >= 15 is 0 Å². The minimum Gasteiger partial charge on any atom is -0.467 e. The molecule has 3 rings (SSSR count). The fourth-order valence-electron chi connectivity index (χ4n) is 2.86. The average molecular weight is 423 g/mol. The van der Waals surface area contributed by atoms with Crippen LogP contribution in [0, 0.1) is 5.92 Å². The van der Waals surface area contributed by atoms with Crippen LogP contribution in [0.5, 0.6) is 0 Å². The van der Waals surface area contributed by atoms with Crippen LogP contribution in [0.3, 0.4) is 0 Å². The molecular weight excluding hydrogens is 406 g/mol. The van der Waals surface area contributed by atoms with Crippen LogP contribution in [-0.2, 0) is 14.3 Å². The first-order valence-corrected chi connectivity index (χ1v) is 9.06. The van der Waals surface area contributed by atoms with Crippen molar-refractivity contribution >= 4 is 39.4 Å². The highest BCUT2D eigenvalue weighted by atomic mass is 79.9. The number of benzene rings is 2. The third-order valence-electron chi connectivity index (χ3n) is 4.35. The van der Waals surface area contributed by atoms with Crippen LogP contribution in [0.2, 0.25) is 5.02 Å². The first-order valence-electron chi connectivity index (χ1n) is 7.88. The molecule has 0 aliphatic heterocycles. The van der Waals surface area contributed by atoms with E-state index in [4.69, 9.17) is 16.3 Å². The summed E-state index contributed by atoms with van der Waals surface area (Å²) in [5.41, 5.74) is 1.77. The van der Waals surface area contributed by atoms with Gasteiger partial charge in [0.1, 0.15) is 0 Å². The van der Waals surface area contributed by atoms with Gasteiger partial charge >= 0.3 is 5.97 Å². The van der Waals surface area contributed by atoms with Crippen molar-refractivity contribution in [3.05, 3.63) is 69.2 Å². The Hall–Kier alpha value is -1.85. The molecule has 0 spiro atoms. The Bertz CT molecular complexity index is 776. The maximum Gasteiger partial charge on any atom is 0.333 e. The minimum absolute atomic E-state index is 0.135. The number of amides is 1. The zero-order valence-corrected chi connectivity index (χ0v) is 15.9. The quantitative estimate of drug-likeness (QED) is 0.733. The molecule has 1 amide bonds. The molecule has 0 radical (unpaired) electrons. The Labute approximate surface area is 159 Å². The van der Waals surface area contributed by atoms with Crippen molar-refractivity contribution in [1.82, 2.24) is 5.32 Å². The SMILES string of the molecule is COC(=O)C(NC(=O)C1CC1c1ccc(Cl)cc1)c1ccc(Br)cc1. The first kappa shape index (κ1) is 18.0. The number of carbonyl (C=O) groups excluding carboxylic acids is 2. The third-order valence-corrected chi connectivity index (χ3v) is 5.13. The summed E-state index contributed by atoms with van der Waals surface area (Å²) in [6.07, 6.45) is 0.766. The van der Waals surface area contributed by atoms with E-state index in [0.29, 0.717) is 10.6 Å². The second kappa shape index (κ2) is 7.58. The summed E-state index contributed by atoms with van der Waals surface area (Å²) in [6, 6.07) is 13.9. The van der Waals surface area contributed by atoms with E-state index in [1.54, 1.807) is 12.1 Å². The molecule has 3 atom stereocenters. The van der Waals surface area contributed by atoms with Gasteiger partial charge in [-0.3, -0.25) is 4.79 Å². The van der Waals surface area contributed by atoms with Gasteiger partial charge in [0.05, 0.1) is 7.11 Å². The van der Waals surface area contributed by atoms with Crippen molar-refractivity contribution in [2.45, 2.75) is 18.4 Å². The highest BCUT2D eigenvalue weighted by Gasteiger charge is 2.45. The van der Waals surface area contributed by atoms with Crippen LogP contribution in [0.25, 0.3) is 0 Å². The molecule has 0 heterocycles. The molecule has 2 aromatic carbocycles. The molecule has 0 saturated heterocycles. The van der Waals surface area contributed by atoms with Gasteiger partial charge in [-0.15, -0.1) is 0 Å². The smallest absolute Gasteiger partial charge is 0.333 e. The van der Waals surface area contributed by atoms with Gasteiger partial charge < -0.3 is 10.1 Å². The Balaban J connectivity index is 1.70. The van der Waals surface area contributed by atoms with E-state index < -0.39 is 12.0 Å². The Morgan fingerprint density at radius 3 is 2.40 bits per heavy atom. The van der Waals surface area contributed by atoms with Crippen molar-refractivity contribution in [3.63, 3.8) is 0 Å². The Kier molecular flexibility index (Phi) is 5.45. The molecule has 1 N–H and O–H groups in total. The van der Waals surface area contributed by atoms with E-state index in [9.17, 15) is 9.59 Å². The lowest BCUT2D eigenvalue weighted by Crippen LogP contribution is -2.35. The summed E-state index contributed by atoms with van der Waals surface area (Å²) < 4.78 is 5.74. The van der Waals surface area contributed by atoms with Crippen LogP contribution in [0.1, 0.15) is 29.5 Å². The van der Waals surface area contributed by atoms with Gasteiger partial charge in [0.25, 0.3) is 0 Å². The van der Waals surface area contributed by atoms with Gasteiger partial charge in [-0.25, -0.2) is 4.79 Å². The van der Waals surface area contributed by atoms with Gasteiger partial charge in [0.15, 0.2) is 6.04 Å². The molecule has 1 saturated carbocycles. The van der Waals surface area contributed by atoms with E-state index in [2.05, 4.69) is 21.2 Å². The lowest BCUT2D eigenvalue weighted by molar-refractivity contribution is -0.145. The second-order valence-corrected chi connectivity index (χ2v) is 7.37. The number of rotatable bonds is 5.